The first kappa shape index (κ1) is 24.2. The van der Waals surface area contributed by atoms with Gasteiger partial charge in [-0.2, -0.15) is 0 Å². The molecule has 0 aliphatic carbocycles. The van der Waals surface area contributed by atoms with Gasteiger partial charge in [0.15, 0.2) is 0 Å². The number of carbonyl (C=O) groups is 2. The van der Waals surface area contributed by atoms with Gasteiger partial charge in [-0.1, -0.05) is 59.7 Å². The van der Waals surface area contributed by atoms with Crippen LogP contribution in [-0.4, -0.2) is 34.4 Å². The van der Waals surface area contributed by atoms with Crippen LogP contribution in [0.5, 0.6) is 0 Å². The predicted octanol–water partition coefficient (Wildman–Crippen LogP) is 5.86. The molecule has 3 amide bonds. The quantitative estimate of drug-likeness (QED) is 0.315. The fourth-order valence-electron chi connectivity index (χ4n) is 2.88. The van der Waals surface area contributed by atoms with Gasteiger partial charge in [-0.05, 0) is 48.6 Å². The Kier molecular flexibility index (Phi) is 8.66. The first-order valence-electron chi connectivity index (χ1n) is 10.0. The van der Waals surface area contributed by atoms with Crippen LogP contribution in [0.25, 0.3) is 10.6 Å². The normalized spacial score (nSPS) is 12.6. The minimum absolute atomic E-state index is 0.0721. The molecular weight excluding hydrogens is 510 g/mol. The zero-order chi connectivity index (χ0) is 23.1. The molecule has 32 heavy (non-hydrogen) atoms. The van der Waals surface area contributed by atoms with Crippen molar-refractivity contribution in [2.45, 2.75) is 31.2 Å². The maximum atomic E-state index is 13.0. The molecule has 2 unspecified atom stereocenters. The topological polar surface area (TPSA) is 96.0 Å². The van der Waals surface area contributed by atoms with Crippen molar-refractivity contribution in [3.8, 4) is 10.6 Å². The Morgan fingerprint density at radius 3 is 2.53 bits per heavy atom. The van der Waals surface area contributed by atoms with Crippen LogP contribution in [-0.2, 0) is 4.79 Å². The highest BCUT2D eigenvalue weighted by Gasteiger charge is 2.27. The number of hydrogen-bond donors (Lipinski definition) is 3. The molecule has 0 bridgehead atoms. The first-order chi connectivity index (χ1) is 15.4. The van der Waals surface area contributed by atoms with E-state index in [9.17, 15) is 9.59 Å². The molecule has 3 N–H and O–H groups in total. The van der Waals surface area contributed by atoms with E-state index < -0.39 is 12.1 Å². The van der Waals surface area contributed by atoms with Crippen molar-refractivity contribution in [2.24, 2.45) is 5.92 Å². The number of benzene rings is 2. The predicted molar refractivity (Wildman–Crippen MR) is 135 cm³/mol. The van der Waals surface area contributed by atoms with Crippen molar-refractivity contribution in [1.29, 1.82) is 0 Å². The zero-order valence-electron chi connectivity index (χ0n) is 17.9. The number of anilines is 2. The van der Waals surface area contributed by atoms with Gasteiger partial charge in [0, 0.05) is 20.6 Å². The van der Waals surface area contributed by atoms with Gasteiger partial charge in [-0.3, -0.25) is 10.1 Å². The second kappa shape index (κ2) is 11.4. The SMILES string of the molecule is CCC(C)C(NC(=O)Nc1ccc(SC)cc1)C(=O)Nc1nnc(-c2cccc(Br)c2)s1. The third-order valence-corrected chi connectivity index (χ3v) is 6.98. The van der Waals surface area contributed by atoms with Gasteiger partial charge in [0.25, 0.3) is 0 Å². The fourth-order valence-corrected chi connectivity index (χ4v) is 4.43. The number of aromatic nitrogens is 2. The van der Waals surface area contributed by atoms with Gasteiger partial charge < -0.3 is 10.6 Å². The molecule has 3 rings (SSSR count). The molecule has 0 saturated carbocycles. The molecule has 0 aliphatic heterocycles. The summed E-state index contributed by atoms with van der Waals surface area (Å²) in [4.78, 5) is 26.6. The van der Waals surface area contributed by atoms with E-state index in [-0.39, 0.29) is 11.8 Å². The van der Waals surface area contributed by atoms with Crippen molar-refractivity contribution >= 4 is 61.8 Å². The van der Waals surface area contributed by atoms with Gasteiger partial charge in [0.1, 0.15) is 11.0 Å². The third-order valence-electron chi connectivity index (χ3n) is 4.86. The summed E-state index contributed by atoms with van der Waals surface area (Å²) in [6.45, 7) is 3.90. The number of rotatable bonds is 8. The summed E-state index contributed by atoms with van der Waals surface area (Å²) in [5, 5.41) is 17.7. The Bertz CT molecular complexity index is 1070. The summed E-state index contributed by atoms with van der Waals surface area (Å²) < 4.78 is 0.936. The third kappa shape index (κ3) is 6.54. The molecule has 0 fully saturated rings. The average Bonchev–Trinajstić information content (AvgIpc) is 3.26. The standard InChI is InChI=1S/C22H24BrN5O2S2/c1-4-13(2)18(25-21(30)24-16-8-10-17(31-3)11-9-16)19(29)26-22-28-27-20(32-22)14-6-5-7-15(23)12-14/h5-13,18H,4H2,1-3H3,(H2,24,25,30)(H,26,28,29). The van der Waals surface area contributed by atoms with Gasteiger partial charge in [0.2, 0.25) is 11.0 Å². The van der Waals surface area contributed by atoms with Crippen LogP contribution in [0.4, 0.5) is 15.6 Å². The number of hydrogen-bond acceptors (Lipinski definition) is 6. The highest BCUT2D eigenvalue weighted by Crippen LogP contribution is 2.28. The van der Waals surface area contributed by atoms with E-state index in [1.54, 1.807) is 11.8 Å². The maximum Gasteiger partial charge on any atom is 0.319 e. The van der Waals surface area contributed by atoms with E-state index in [0.29, 0.717) is 15.8 Å². The number of amides is 3. The van der Waals surface area contributed by atoms with Crippen LogP contribution >= 0.6 is 39.0 Å². The van der Waals surface area contributed by atoms with Gasteiger partial charge in [-0.15, -0.1) is 22.0 Å². The largest absolute Gasteiger partial charge is 0.326 e. The zero-order valence-corrected chi connectivity index (χ0v) is 21.1. The van der Waals surface area contributed by atoms with Crippen molar-refractivity contribution in [2.75, 3.05) is 16.9 Å². The van der Waals surface area contributed by atoms with E-state index in [2.05, 4.69) is 42.1 Å². The number of nitrogens with zero attached hydrogens (tertiary/aromatic N) is 2. The van der Waals surface area contributed by atoms with E-state index in [4.69, 9.17) is 0 Å². The van der Waals surface area contributed by atoms with E-state index >= 15 is 0 Å². The highest BCUT2D eigenvalue weighted by molar-refractivity contribution is 9.10. The molecule has 0 spiro atoms. The van der Waals surface area contributed by atoms with Crippen LogP contribution in [0.3, 0.4) is 0 Å². The van der Waals surface area contributed by atoms with E-state index in [1.165, 1.54) is 11.3 Å². The average molecular weight is 535 g/mol. The van der Waals surface area contributed by atoms with Crippen molar-refractivity contribution in [3.63, 3.8) is 0 Å². The lowest BCUT2D eigenvalue weighted by Crippen LogP contribution is -2.49. The molecule has 0 saturated heterocycles. The molecule has 1 heterocycles. The number of carbonyl (C=O) groups excluding carboxylic acids is 2. The number of thioether (sulfide) groups is 1. The van der Waals surface area contributed by atoms with E-state index in [0.717, 1.165) is 21.4 Å². The first-order valence-corrected chi connectivity index (χ1v) is 12.8. The summed E-state index contributed by atoms with van der Waals surface area (Å²) >= 11 is 6.35. The molecule has 2 atom stereocenters. The van der Waals surface area contributed by atoms with Crippen molar-refractivity contribution in [1.82, 2.24) is 15.5 Å². The Morgan fingerprint density at radius 2 is 1.88 bits per heavy atom. The summed E-state index contributed by atoms with van der Waals surface area (Å²) in [5.74, 6) is -0.402. The minimum Gasteiger partial charge on any atom is -0.326 e. The number of urea groups is 1. The molecule has 168 valence electrons. The lowest BCUT2D eigenvalue weighted by Gasteiger charge is -2.23. The molecule has 0 radical (unpaired) electrons. The van der Waals surface area contributed by atoms with Crippen molar-refractivity contribution < 1.29 is 9.59 Å². The molecule has 2 aromatic carbocycles. The second-order valence-corrected chi connectivity index (χ2v) is 9.87. The molecular formula is C22H24BrN5O2S2. The van der Waals surface area contributed by atoms with Crippen LogP contribution in [0.1, 0.15) is 20.3 Å². The molecule has 3 aromatic rings. The summed E-state index contributed by atoms with van der Waals surface area (Å²) in [7, 11) is 0. The monoisotopic (exact) mass is 533 g/mol. The van der Waals surface area contributed by atoms with Crippen LogP contribution in [0, 0.1) is 5.92 Å². The van der Waals surface area contributed by atoms with Crippen LogP contribution < -0.4 is 16.0 Å². The Morgan fingerprint density at radius 1 is 1.12 bits per heavy atom. The van der Waals surface area contributed by atoms with Crippen molar-refractivity contribution in [3.05, 3.63) is 53.0 Å². The van der Waals surface area contributed by atoms with Crippen LogP contribution in [0.2, 0.25) is 0 Å². The van der Waals surface area contributed by atoms with Gasteiger partial charge in [-0.25, -0.2) is 4.79 Å². The number of nitrogens with one attached hydrogen (secondary N) is 3. The summed E-state index contributed by atoms with van der Waals surface area (Å²) in [6.07, 6.45) is 2.71. The smallest absolute Gasteiger partial charge is 0.319 e. The van der Waals surface area contributed by atoms with Crippen LogP contribution in [0.15, 0.2) is 57.9 Å². The molecule has 1 aromatic heterocycles. The Hall–Kier alpha value is -2.43. The minimum atomic E-state index is -0.719. The lowest BCUT2D eigenvalue weighted by atomic mass is 9.98. The summed E-state index contributed by atoms with van der Waals surface area (Å²) in [6, 6.07) is 14.1. The fraction of sp³-hybridized carbons (Fsp3) is 0.273. The van der Waals surface area contributed by atoms with Gasteiger partial charge >= 0.3 is 6.03 Å². The summed E-state index contributed by atoms with van der Waals surface area (Å²) in [5.41, 5.74) is 1.56. The maximum absolute atomic E-state index is 13.0. The molecule has 7 nitrogen and oxygen atoms in total. The lowest BCUT2D eigenvalue weighted by molar-refractivity contribution is -0.119. The molecule has 10 heteroatoms. The second-order valence-electron chi connectivity index (χ2n) is 7.10. The molecule has 0 aliphatic rings. The highest BCUT2D eigenvalue weighted by atomic mass is 79.9. The van der Waals surface area contributed by atoms with E-state index in [1.807, 2.05) is 68.6 Å². The number of halogens is 1. The van der Waals surface area contributed by atoms with Gasteiger partial charge in [0.05, 0.1) is 0 Å². The Balaban J connectivity index is 1.66. The Labute approximate surface area is 203 Å².